The van der Waals surface area contributed by atoms with E-state index in [4.69, 9.17) is 4.74 Å². The molecule has 1 atom stereocenters. The molecule has 2 amide bonds. The van der Waals surface area contributed by atoms with Crippen LogP contribution in [-0.2, 0) is 9.84 Å². The minimum atomic E-state index is -2.97. The molecule has 0 aromatic heterocycles. The van der Waals surface area contributed by atoms with Crippen molar-refractivity contribution in [2.24, 2.45) is 0 Å². The van der Waals surface area contributed by atoms with Crippen LogP contribution in [0.15, 0.2) is 24.3 Å². The second-order valence-corrected chi connectivity index (χ2v) is 7.82. The summed E-state index contributed by atoms with van der Waals surface area (Å²) in [5, 5.41) is 2.79. The van der Waals surface area contributed by atoms with Crippen molar-refractivity contribution in [2.45, 2.75) is 20.0 Å². The number of rotatable bonds is 4. The van der Waals surface area contributed by atoms with E-state index in [2.05, 4.69) is 5.32 Å². The fourth-order valence-electron chi connectivity index (χ4n) is 2.21. The minimum Gasteiger partial charge on any atom is -0.489 e. The molecule has 7 heteroatoms. The van der Waals surface area contributed by atoms with Gasteiger partial charge in [0.1, 0.15) is 11.9 Å². The third-order valence-electron chi connectivity index (χ3n) is 3.59. The number of aryl methyl sites for hydroxylation is 1. The quantitative estimate of drug-likeness (QED) is 0.902. The van der Waals surface area contributed by atoms with Gasteiger partial charge in [-0.05, 0) is 25.5 Å². The van der Waals surface area contributed by atoms with Gasteiger partial charge >= 0.3 is 6.03 Å². The number of nitrogens with zero attached hydrogens (tertiary/aromatic N) is 1. The summed E-state index contributed by atoms with van der Waals surface area (Å²) in [6, 6.07) is 7.47. The Labute approximate surface area is 131 Å². The second kappa shape index (κ2) is 7.00. The Morgan fingerprint density at radius 1 is 1.32 bits per heavy atom. The van der Waals surface area contributed by atoms with Gasteiger partial charge in [-0.1, -0.05) is 18.2 Å². The predicted octanol–water partition coefficient (Wildman–Crippen LogP) is 1.20. The van der Waals surface area contributed by atoms with Gasteiger partial charge in [-0.15, -0.1) is 0 Å². The van der Waals surface area contributed by atoms with Crippen LogP contribution >= 0.6 is 0 Å². The second-order valence-electron chi connectivity index (χ2n) is 5.52. The molecule has 1 aromatic carbocycles. The van der Waals surface area contributed by atoms with Gasteiger partial charge < -0.3 is 15.0 Å². The first-order valence-electron chi connectivity index (χ1n) is 7.33. The number of nitrogens with one attached hydrogen (secondary N) is 1. The van der Waals surface area contributed by atoms with Gasteiger partial charge in [0.25, 0.3) is 0 Å². The number of hydrogen-bond donors (Lipinski definition) is 1. The van der Waals surface area contributed by atoms with E-state index in [9.17, 15) is 13.2 Å². The van der Waals surface area contributed by atoms with Crippen LogP contribution in [0.1, 0.15) is 12.5 Å². The van der Waals surface area contributed by atoms with Crippen molar-refractivity contribution < 1.29 is 17.9 Å². The zero-order valence-corrected chi connectivity index (χ0v) is 13.7. The lowest BCUT2D eigenvalue weighted by molar-refractivity contribution is 0.185. The zero-order chi connectivity index (χ0) is 16.2. The molecular formula is C15H22N2O4S. The number of amides is 2. The maximum absolute atomic E-state index is 12.0. The summed E-state index contributed by atoms with van der Waals surface area (Å²) < 4.78 is 28.5. The van der Waals surface area contributed by atoms with Crippen molar-refractivity contribution in [3.63, 3.8) is 0 Å². The number of carbonyl (C=O) groups is 1. The molecule has 0 bridgehead atoms. The molecule has 1 saturated heterocycles. The molecule has 22 heavy (non-hydrogen) atoms. The van der Waals surface area contributed by atoms with Crippen molar-refractivity contribution in [1.82, 2.24) is 10.2 Å². The average Bonchev–Trinajstić information content (AvgIpc) is 2.47. The number of benzene rings is 1. The first kappa shape index (κ1) is 16.6. The third kappa shape index (κ3) is 4.62. The number of urea groups is 1. The van der Waals surface area contributed by atoms with E-state index in [0.29, 0.717) is 6.54 Å². The molecular weight excluding hydrogens is 304 g/mol. The van der Waals surface area contributed by atoms with Gasteiger partial charge in [0.05, 0.1) is 18.1 Å². The molecule has 0 radical (unpaired) electrons. The van der Waals surface area contributed by atoms with Gasteiger partial charge in [-0.25, -0.2) is 13.2 Å². The molecule has 1 unspecified atom stereocenters. The molecule has 1 N–H and O–H groups in total. The zero-order valence-electron chi connectivity index (χ0n) is 12.9. The number of sulfone groups is 1. The van der Waals surface area contributed by atoms with Crippen LogP contribution in [0.4, 0.5) is 4.79 Å². The SMILES string of the molecule is Cc1ccccc1OC(C)CNC(=O)N1CCS(=O)(=O)CC1. The lowest BCUT2D eigenvalue weighted by Crippen LogP contribution is -2.49. The van der Waals surface area contributed by atoms with Crippen LogP contribution in [0.25, 0.3) is 0 Å². The Bertz CT molecular complexity index is 616. The topological polar surface area (TPSA) is 75.7 Å². The lowest BCUT2D eigenvalue weighted by atomic mass is 10.2. The average molecular weight is 326 g/mol. The molecule has 0 saturated carbocycles. The number of hydrogen-bond acceptors (Lipinski definition) is 4. The van der Waals surface area contributed by atoms with E-state index < -0.39 is 9.84 Å². The molecule has 1 aliphatic rings. The van der Waals surface area contributed by atoms with Gasteiger partial charge in [0, 0.05) is 13.1 Å². The van der Waals surface area contributed by atoms with Crippen LogP contribution in [0.3, 0.4) is 0 Å². The van der Waals surface area contributed by atoms with E-state index in [1.165, 1.54) is 4.90 Å². The Morgan fingerprint density at radius 3 is 2.59 bits per heavy atom. The van der Waals surface area contributed by atoms with E-state index >= 15 is 0 Å². The summed E-state index contributed by atoms with van der Waals surface area (Å²) in [5.41, 5.74) is 1.04. The van der Waals surface area contributed by atoms with E-state index in [-0.39, 0.29) is 36.7 Å². The molecule has 0 aliphatic carbocycles. The van der Waals surface area contributed by atoms with Crippen LogP contribution in [-0.4, -0.2) is 56.6 Å². The fourth-order valence-corrected chi connectivity index (χ4v) is 3.41. The Balaban J connectivity index is 1.78. The summed E-state index contributed by atoms with van der Waals surface area (Å²) in [6.07, 6.45) is -0.168. The molecule has 1 aliphatic heterocycles. The summed E-state index contributed by atoms with van der Waals surface area (Å²) in [5.74, 6) is 0.874. The van der Waals surface area contributed by atoms with E-state index in [0.717, 1.165) is 11.3 Å². The standard InChI is InChI=1S/C15H22N2O4S/c1-12-5-3-4-6-14(12)21-13(2)11-16-15(18)17-7-9-22(19,20)10-8-17/h3-6,13H,7-11H2,1-2H3,(H,16,18). The molecule has 1 fully saturated rings. The Hall–Kier alpha value is -1.76. The molecule has 6 nitrogen and oxygen atoms in total. The van der Waals surface area contributed by atoms with Crippen molar-refractivity contribution in [3.8, 4) is 5.75 Å². The van der Waals surface area contributed by atoms with Gasteiger partial charge in [0.15, 0.2) is 9.84 Å². The maximum Gasteiger partial charge on any atom is 0.317 e. The molecule has 122 valence electrons. The number of carbonyl (C=O) groups excluding carboxylic acids is 1. The first-order chi connectivity index (χ1) is 10.4. The molecule has 2 rings (SSSR count). The number of para-hydroxylation sites is 1. The van der Waals surface area contributed by atoms with E-state index in [1.807, 2.05) is 38.1 Å². The van der Waals surface area contributed by atoms with Crippen molar-refractivity contribution in [3.05, 3.63) is 29.8 Å². The highest BCUT2D eigenvalue weighted by Gasteiger charge is 2.25. The highest BCUT2D eigenvalue weighted by atomic mass is 32.2. The summed E-state index contributed by atoms with van der Waals surface area (Å²) >= 11 is 0. The summed E-state index contributed by atoms with van der Waals surface area (Å²) in [4.78, 5) is 13.5. The smallest absolute Gasteiger partial charge is 0.317 e. The van der Waals surface area contributed by atoms with E-state index in [1.54, 1.807) is 0 Å². The fraction of sp³-hybridized carbons (Fsp3) is 0.533. The lowest BCUT2D eigenvalue weighted by Gasteiger charge is -2.27. The molecule has 0 spiro atoms. The maximum atomic E-state index is 12.0. The molecule has 1 heterocycles. The van der Waals surface area contributed by atoms with Gasteiger partial charge in [-0.2, -0.15) is 0 Å². The first-order valence-corrected chi connectivity index (χ1v) is 9.15. The largest absolute Gasteiger partial charge is 0.489 e. The van der Waals surface area contributed by atoms with Crippen molar-refractivity contribution in [1.29, 1.82) is 0 Å². The van der Waals surface area contributed by atoms with Crippen LogP contribution in [0.2, 0.25) is 0 Å². The number of ether oxygens (including phenoxy) is 1. The normalized spacial score (nSPS) is 18.5. The van der Waals surface area contributed by atoms with Gasteiger partial charge in [0.2, 0.25) is 0 Å². The third-order valence-corrected chi connectivity index (χ3v) is 5.20. The highest BCUT2D eigenvalue weighted by Crippen LogP contribution is 2.17. The van der Waals surface area contributed by atoms with Crippen molar-refractivity contribution in [2.75, 3.05) is 31.1 Å². The Kier molecular flexibility index (Phi) is 5.28. The molecule has 1 aromatic rings. The van der Waals surface area contributed by atoms with Crippen LogP contribution in [0.5, 0.6) is 5.75 Å². The summed E-state index contributed by atoms with van der Waals surface area (Å²) in [7, 11) is -2.97. The van der Waals surface area contributed by atoms with Crippen LogP contribution in [0, 0.1) is 6.92 Å². The predicted molar refractivity (Wildman–Crippen MR) is 84.9 cm³/mol. The minimum absolute atomic E-state index is 0.0374. The highest BCUT2D eigenvalue weighted by molar-refractivity contribution is 7.91. The van der Waals surface area contributed by atoms with Crippen molar-refractivity contribution >= 4 is 15.9 Å². The van der Waals surface area contributed by atoms with Gasteiger partial charge in [-0.3, -0.25) is 0 Å². The monoisotopic (exact) mass is 326 g/mol. The summed E-state index contributed by atoms with van der Waals surface area (Å²) in [6.45, 7) is 4.72. The van der Waals surface area contributed by atoms with Crippen LogP contribution < -0.4 is 10.1 Å². The Morgan fingerprint density at radius 2 is 1.95 bits per heavy atom.